The number of aromatic nitrogens is 1. The molecule has 1 saturated heterocycles. The second-order valence-electron chi connectivity index (χ2n) is 6.36. The smallest absolute Gasteiger partial charge is 0.414 e. The van der Waals surface area contributed by atoms with Gasteiger partial charge in [-0.1, -0.05) is 6.07 Å². The molecular formula is C18H20N4O8S. The van der Waals surface area contributed by atoms with Crippen LogP contribution in [0.5, 0.6) is 0 Å². The van der Waals surface area contributed by atoms with Gasteiger partial charge in [0.25, 0.3) is 5.69 Å². The Labute approximate surface area is 177 Å². The van der Waals surface area contributed by atoms with Crippen LogP contribution in [-0.2, 0) is 26.2 Å². The van der Waals surface area contributed by atoms with E-state index in [-0.39, 0.29) is 10.6 Å². The van der Waals surface area contributed by atoms with Crippen molar-refractivity contribution in [2.45, 2.75) is 11.4 Å². The number of benzene rings is 1. The van der Waals surface area contributed by atoms with Crippen molar-refractivity contribution in [2.75, 3.05) is 26.2 Å². The van der Waals surface area contributed by atoms with Gasteiger partial charge in [-0.3, -0.25) is 20.0 Å². The van der Waals surface area contributed by atoms with Crippen molar-refractivity contribution in [2.24, 2.45) is 0 Å². The number of carboxylic acids is 2. The molecule has 0 radical (unpaired) electrons. The summed E-state index contributed by atoms with van der Waals surface area (Å²) in [4.78, 5) is 34.9. The number of aliphatic carboxylic acids is 2. The average Bonchev–Trinajstić information content (AvgIpc) is 2.75. The Morgan fingerprint density at radius 2 is 1.58 bits per heavy atom. The zero-order valence-corrected chi connectivity index (χ0v) is 17.0. The number of hydrogen-bond donors (Lipinski definition) is 2. The molecule has 2 heterocycles. The fourth-order valence-electron chi connectivity index (χ4n) is 2.74. The van der Waals surface area contributed by atoms with Crippen LogP contribution in [0.1, 0.15) is 5.69 Å². The summed E-state index contributed by atoms with van der Waals surface area (Å²) in [6.45, 7) is 2.68. The first-order chi connectivity index (χ1) is 14.6. The quantitative estimate of drug-likeness (QED) is 0.373. The second-order valence-corrected chi connectivity index (χ2v) is 8.30. The van der Waals surface area contributed by atoms with E-state index in [1.165, 1.54) is 28.6 Å². The number of sulfonamides is 1. The molecule has 13 heteroatoms. The molecule has 0 bridgehead atoms. The molecule has 31 heavy (non-hydrogen) atoms. The number of carboxylic acid groups (broad SMARTS) is 2. The standard InChI is InChI=1S/C16H18N4O4S.C2H2O4/c21-20(22)15-4-6-16(7-5-15)25(23,24)19-11-9-18(10-12-19)13-14-3-1-2-8-17-14;3-1(4)2(5)6/h1-8H,9-13H2;(H,3,4)(H,5,6). The molecule has 1 aromatic carbocycles. The SMILES string of the molecule is O=C(O)C(=O)O.O=[N+]([O-])c1ccc(S(=O)(=O)N2CCN(Cc3ccccn3)CC2)cc1. The molecule has 0 atom stereocenters. The van der Waals surface area contributed by atoms with Gasteiger partial charge >= 0.3 is 11.9 Å². The highest BCUT2D eigenvalue weighted by Gasteiger charge is 2.28. The number of nitrogens with zero attached hydrogens (tertiary/aromatic N) is 4. The Morgan fingerprint density at radius 3 is 2.03 bits per heavy atom. The highest BCUT2D eigenvalue weighted by atomic mass is 32.2. The molecule has 0 unspecified atom stereocenters. The van der Waals surface area contributed by atoms with Crippen molar-refractivity contribution in [3.8, 4) is 0 Å². The number of non-ortho nitro benzene ring substituents is 1. The molecule has 0 aliphatic carbocycles. The molecule has 0 spiro atoms. The molecule has 0 amide bonds. The number of nitro groups is 1. The summed E-state index contributed by atoms with van der Waals surface area (Å²) in [5, 5.41) is 25.5. The van der Waals surface area contributed by atoms with Gasteiger partial charge in [0.15, 0.2) is 0 Å². The van der Waals surface area contributed by atoms with E-state index in [1.807, 2.05) is 18.2 Å². The van der Waals surface area contributed by atoms with Crippen LogP contribution >= 0.6 is 0 Å². The van der Waals surface area contributed by atoms with Gasteiger partial charge in [0, 0.05) is 51.1 Å². The Hall–Kier alpha value is -3.42. The minimum Gasteiger partial charge on any atom is -0.473 e. The molecule has 0 saturated carbocycles. The maximum absolute atomic E-state index is 12.7. The van der Waals surface area contributed by atoms with Crippen LogP contribution in [0, 0.1) is 10.1 Å². The molecule has 166 valence electrons. The van der Waals surface area contributed by atoms with Crippen molar-refractivity contribution in [3.63, 3.8) is 0 Å². The summed E-state index contributed by atoms with van der Waals surface area (Å²) < 4.78 is 26.7. The Bertz CT molecular complexity index is 1010. The predicted octanol–water partition coefficient (Wildman–Crippen LogP) is 0.652. The van der Waals surface area contributed by atoms with E-state index in [0.29, 0.717) is 32.7 Å². The molecule has 1 aromatic heterocycles. The van der Waals surface area contributed by atoms with Gasteiger partial charge in [-0.2, -0.15) is 4.31 Å². The zero-order chi connectivity index (χ0) is 23.0. The minimum atomic E-state index is -3.63. The number of piperazine rings is 1. The van der Waals surface area contributed by atoms with Crippen LogP contribution in [0.25, 0.3) is 0 Å². The number of rotatable bonds is 5. The fourth-order valence-corrected chi connectivity index (χ4v) is 4.16. The van der Waals surface area contributed by atoms with E-state index in [4.69, 9.17) is 19.8 Å². The molecule has 2 aromatic rings. The second kappa shape index (κ2) is 10.6. The minimum absolute atomic E-state index is 0.0799. The third kappa shape index (κ3) is 6.80. The highest BCUT2D eigenvalue weighted by Crippen LogP contribution is 2.21. The van der Waals surface area contributed by atoms with Gasteiger partial charge in [-0.15, -0.1) is 0 Å². The first-order valence-electron chi connectivity index (χ1n) is 8.94. The van der Waals surface area contributed by atoms with Crippen molar-refractivity contribution in [1.82, 2.24) is 14.2 Å². The third-order valence-electron chi connectivity index (χ3n) is 4.31. The number of hydrogen-bond acceptors (Lipinski definition) is 8. The summed E-state index contributed by atoms with van der Waals surface area (Å²) >= 11 is 0. The predicted molar refractivity (Wildman–Crippen MR) is 107 cm³/mol. The first-order valence-corrected chi connectivity index (χ1v) is 10.4. The van der Waals surface area contributed by atoms with Crippen LogP contribution in [0.2, 0.25) is 0 Å². The van der Waals surface area contributed by atoms with Gasteiger partial charge in [-0.25, -0.2) is 18.0 Å². The lowest BCUT2D eigenvalue weighted by Crippen LogP contribution is -2.48. The maximum atomic E-state index is 12.7. The number of pyridine rings is 1. The lowest BCUT2D eigenvalue weighted by molar-refractivity contribution is -0.384. The highest BCUT2D eigenvalue weighted by molar-refractivity contribution is 7.89. The van der Waals surface area contributed by atoms with Crippen molar-refractivity contribution in [1.29, 1.82) is 0 Å². The van der Waals surface area contributed by atoms with Gasteiger partial charge in [0.2, 0.25) is 10.0 Å². The molecule has 12 nitrogen and oxygen atoms in total. The number of nitro benzene ring substituents is 1. The molecule has 3 rings (SSSR count). The fraction of sp³-hybridized carbons (Fsp3) is 0.278. The van der Waals surface area contributed by atoms with Crippen molar-refractivity contribution < 1.29 is 33.1 Å². The summed E-state index contributed by atoms with van der Waals surface area (Å²) in [6.07, 6.45) is 1.74. The van der Waals surface area contributed by atoms with Crippen molar-refractivity contribution in [3.05, 3.63) is 64.5 Å². The molecular weight excluding hydrogens is 432 g/mol. The Kier molecular flexibility index (Phi) is 8.13. The van der Waals surface area contributed by atoms with Crippen molar-refractivity contribution >= 4 is 27.6 Å². The molecule has 1 aliphatic rings. The number of carbonyl (C=O) groups is 2. The lowest BCUT2D eigenvalue weighted by atomic mass is 10.3. The molecule has 1 aliphatic heterocycles. The summed E-state index contributed by atoms with van der Waals surface area (Å²) in [6, 6.07) is 10.7. The first kappa shape index (κ1) is 23.9. The van der Waals surface area contributed by atoms with E-state index in [9.17, 15) is 18.5 Å². The van der Waals surface area contributed by atoms with Crippen LogP contribution < -0.4 is 0 Å². The monoisotopic (exact) mass is 452 g/mol. The van der Waals surface area contributed by atoms with Gasteiger partial charge in [-0.05, 0) is 24.3 Å². The van der Waals surface area contributed by atoms with E-state index in [2.05, 4.69) is 9.88 Å². The van der Waals surface area contributed by atoms with E-state index in [1.54, 1.807) is 6.20 Å². The summed E-state index contributed by atoms with van der Waals surface area (Å²) in [5.41, 5.74) is 0.827. The van der Waals surface area contributed by atoms with Gasteiger partial charge in [0.1, 0.15) is 0 Å². The van der Waals surface area contributed by atoms with Gasteiger partial charge < -0.3 is 10.2 Å². The van der Waals surface area contributed by atoms with Gasteiger partial charge in [0.05, 0.1) is 15.5 Å². The third-order valence-corrected chi connectivity index (χ3v) is 6.22. The maximum Gasteiger partial charge on any atom is 0.414 e. The van der Waals surface area contributed by atoms with Crippen LogP contribution in [-0.4, -0.2) is 75.9 Å². The Morgan fingerprint density at radius 1 is 1.00 bits per heavy atom. The van der Waals surface area contributed by atoms with E-state index < -0.39 is 26.9 Å². The summed E-state index contributed by atoms with van der Waals surface area (Å²) in [5.74, 6) is -3.65. The molecule has 2 N–H and O–H groups in total. The lowest BCUT2D eigenvalue weighted by Gasteiger charge is -2.33. The van der Waals surface area contributed by atoms with Crippen LogP contribution in [0.3, 0.4) is 0 Å². The van der Waals surface area contributed by atoms with E-state index in [0.717, 1.165) is 5.69 Å². The largest absolute Gasteiger partial charge is 0.473 e. The summed E-state index contributed by atoms with van der Waals surface area (Å²) in [7, 11) is -3.63. The average molecular weight is 452 g/mol. The topological polar surface area (TPSA) is 171 Å². The normalized spacial score (nSPS) is 14.8. The molecule has 1 fully saturated rings. The Balaban J connectivity index is 0.000000501. The van der Waals surface area contributed by atoms with Crippen LogP contribution in [0.4, 0.5) is 5.69 Å². The zero-order valence-electron chi connectivity index (χ0n) is 16.2. The van der Waals surface area contributed by atoms with E-state index >= 15 is 0 Å². The van der Waals surface area contributed by atoms with Crippen LogP contribution in [0.15, 0.2) is 53.6 Å².